The first-order valence-corrected chi connectivity index (χ1v) is 8.81. The SMILES string of the molecule is CCOC(=O)[C@@H](Sc1nc(N)c(NC(=O)c2ccccc2)c(=O)[nH]1)C(C)=O. The Morgan fingerprint density at radius 2 is 1.96 bits per heavy atom. The second kappa shape index (κ2) is 8.99. The summed E-state index contributed by atoms with van der Waals surface area (Å²) in [5, 5.41) is 1.18. The van der Waals surface area contributed by atoms with Crippen LogP contribution < -0.4 is 16.6 Å². The molecule has 0 unspecified atom stereocenters. The number of nitrogens with zero attached hydrogens (tertiary/aromatic N) is 1. The molecule has 0 aliphatic carbocycles. The van der Waals surface area contributed by atoms with E-state index in [2.05, 4.69) is 15.3 Å². The topological polar surface area (TPSA) is 144 Å². The Morgan fingerprint density at radius 1 is 1.30 bits per heavy atom. The van der Waals surface area contributed by atoms with E-state index >= 15 is 0 Å². The van der Waals surface area contributed by atoms with Crippen molar-refractivity contribution >= 4 is 40.9 Å². The van der Waals surface area contributed by atoms with Crippen LogP contribution in [0.3, 0.4) is 0 Å². The molecule has 0 spiro atoms. The molecule has 1 amide bonds. The van der Waals surface area contributed by atoms with Crippen molar-refractivity contribution in [2.45, 2.75) is 24.3 Å². The van der Waals surface area contributed by atoms with Gasteiger partial charge in [-0.05, 0) is 26.0 Å². The van der Waals surface area contributed by atoms with Crippen LogP contribution in [0.2, 0.25) is 0 Å². The number of nitrogen functional groups attached to an aromatic ring is 1. The normalized spacial score (nSPS) is 11.5. The fourth-order valence-corrected chi connectivity index (χ4v) is 2.90. The number of hydrogen-bond donors (Lipinski definition) is 3. The van der Waals surface area contributed by atoms with Gasteiger partial charge in [0.1, 0.15) is 5.69 Å². The third-order valence-corrected chi connectivity index (χ3v) is 4.48. The Bertz CT molecular complexity index is 913. The number of esters is 1. The molecule has 1 atom stereocenters. The number of rotatable bonds is 7. The average Bonchev–Trinajstić information content (AvgIpc) is 2.63. The van der Waals surface area contributed by atoms with Gasteiger partial charge in [-0.25, -0.2) is 4.98 Å². The van der Waals surface area contributed by atoms with Gasteiger partial charge in [0, 0.05) is 5.56 Å². The van der Waals surface area contributed by atoms with Gasteiger partial charge in [0.25, 0.3) is 11.5 Å². The van der Waals surface area contributed by atoms with Crippen molar-refractivity contribution in [3.05, 3.63) is 46.2 Å². The molecule has 0 radical (unpaired) electrons. The van der Waals surface area contributed by atoms with Crippen molar-refractivity contribution in [1.82, 2.24) is 9.97 Å². The highest BCUT2D eigenvalue weighted by Gasteiger charge is 2.27. The summed E-state index contributed by atoms with van der Waals surface area (Å²) < 4.78 is 4.83. The molecule has 4 N–H and O–H groups in total. The molecular formula is C17H18N4O5S. The summed E-state index contributed by atoms with van der Waals surface area (Å²) in [5.41, 5.74) is 5.19. The van der Waals surface area contributed by atoms with Gasteiger partial charge in [0.15, 0.2) is 22.0 Å². The number of carbonyl (C=O) groups excluding carboxylic acids is 3. The highest BCUT2D eigenvalue weighted by Crippen LogP contribution is 2.23. The maximum atomic E-state index is 12.3. The maximum Gasteiger partial charge on any atom is 0.327 e. The summed E-state index contributed by atoms with van der Waals surface area (Å²) >= 11 is 0.714. The number of hydrogen-bond acceptors (Lipinski definition) is 8. The van der Waals surface area contributed by atoms with Gasteiger partial charge >= 0.3 is 5.97 Å². The molecule has 2 aromatic rings. The van der Waals surface area contributed by atoms with Gasteiger partial charge in [-0.3, -0.25) is 24.2 Å². The predicted octanol–water partition coefficient (Wildman–Crippen LogP) is 1.22. The number of amides is 1. The second-order valence-electron chi connectivity index (χ2n) is 5.31. The number of nitrogens with one attached hydrogen (secondary N) is 2. The Morgan fingerprint density at radius 3 is 2.52 bits per heavy atom. The first kappa shape index (κ1) is 20.2. The van der Waals surface area contributed by atoms with Crippen molar-refractivity contribution < 1.29 is 19.1 Å². The zero-order valence-corrected chi connectivity index (χ0v) is 15.5. The molecule has 27 heavy (non-hydrogen) atoms. The lowest BCUT2D eigenvalue weighted by molar-refractivity contribution is -0.144. The summed E-state index contributed by atoms with van der Waals surface area (Å²) in [5.74, 6) is -1.96. The molecule has 9 nitrogen and oxygen atoms in total. The minimum atomic E-state index is -1.18. The van der Waals surface area contributed by atoms with E-state index in [0.717, 1.165) is 0 Å². The number of Topliss-reactive ketones (excluding diaryl/α,β-unsaturated/α-hetero) is 1. The van der Waals surface area contributed by atoms with E-state index in [1.165, 1.54) is 6.92 Å². The number of benzene rings is 1. The van der Waals surface area contributed by atoms with Crippen LogP contribution in [-0.2, 0) is 14.3 Å². The van der Waals surface area contributed by atoms with Crippen LogP contribution >= 0.6 is 11.8 Å². The van der Waals surface area contributed by atoms with Crippen LogP contribution in [0.15, 0.2) is 40.3 Å². The van der Waals surface area contributed by atoms with Gasteiger partial charge < -0.3 is 15.8 Å². The van der Waals surface area contributed by atoms with E-state index in [0.29, 0.717) is 17.3 Å². The molecule has 142 valence electrons. The van der Waals surface area contributed by atoms with E-state index in [4.69, 9.17) is 10.5 Å². The number of anilines is 2. The molecule has 1 aromatic heterocycles. The summed E-state index contributed by atoms with van der Waals surface area (Å²) in [7, 11) is 0. The Labute approximate surface area is 158 Å². The largest absolute Gasteiger partial charge is 0.465 e. The number of H-pyrrole nitrogens is 1. The van der Waals surface area contributed by atoms with Crippen LogP contribution in [0.25, 0.3) is 0 Å². The molecule has 0 aliphatic rings. The van der Waals surface area contributed by atoms with Crippen molar-refractivity contribution in [1.29, 1.82) is 0 Å². The van der Waals surface area contributed by atoms with E-state index in [-0.39, 0.29) is 23.3 Å². The minimum Gasteiger partial charge on any atom is -0.465 e. The third kappa shape index (κ3) is 5.17. The molecule has 1 aromatic carbocycles. The van der Waals surface area contributed by atoms with Crippen LogP contribution in [0, 0.1) is 0 Å². The molecule has 1 heterocycles. The molecular weight excluding hydrogens is 372 g/mol. The Hall–Kier alpha value is -3.14. The molecule has 0 bridgehead atoms. The number of ether oxygens (including phenoxy) is 1. The van der Waals surface area contributed by atoms with Crippen LogP contribution in [0.5, 0.6) is 0 Å². The first-order valence-electron chi connectivity index (χ1n) is 7.93. The highest BCUT2D eigenvalue weighted by atomic mass is 32.2. The predicted molar refractivity (Wildman–Crippen MR) is 101 cm³/mol. The highest BCUT2D eigenvalue weighted by molar-refractivity contribution is 8.01. The fraction of sp³-hybridized carbons (Fsp3) is 0.235. The molecule has 0 fully saturated rings. The monoisotopic (exact) mass is 390 g/mol. The van der Waals surface area contributed by atoms with Gasteiger partial charge in [-0.1, -0.05) is 30.0 Å². The Balaban J connectivity index is 2.23. The van der Waals surface area contributed by atoms with Crippen molar-refractivity contribution in [2.75, 3.05) is 17.7 Å². The zero-order chi connectivity index (χ0) is 20.0. The lowest BCUT2D eigenvalue weighted by Crippen LogP contribution is -2.28. The van der Waals surface area contributed by atoms with Crippen molar-refractivity contribution in [3.8, 4) is 0 Å². The van der Waals surface area contributed by atoms with Crippen LogP contribution in [0.1, 0.15) is 24.2 Å². The van der Waals surface area contributed by atoms with Crippen LogP contribution in [-0.4, -0.2) is 39.5 Å². The van der Waals surface area contributed by atoms with Gasteiger partial charge in [-0.15, -0.1) is 0 Å². The van der Waals surface area contributed by atoms with Crippen molar-refractivity contribution in [2.24, 2.45) is 0 Å². The fourth-order valence-electron chi connectivity index (χ4n) is 2.05. The number of thioether (sulfide) groups is 1. The average molecular weight is 390 g/mol. The summed E-state index contributed by atoms with van der Waals surface area (Å²) in [6, 6.07) is 8.26. The lowest BCUT2D eigenvalue weighted by atomic mass is 10.2. The molecule has 0 aliphatic heterocycles. The molecule has 2 rings (SSSR count). The Kier molecular flexibility index (Phi) is 6.72. The molecule has 0 saturated heterocycles. The first-order chi connectivity index (χ1) is 12.8. The van der Waals surface area contributed by atoms with Crippen molar-refractivity contribution in [3.63, 3.8) is 0 Å². The molecule has 10 heteroatoms. The summed E-state index contributed by atoms with van der Waals surface area (Å²) in [6.07, 6.45) is 0. The van der Waals surface area contributed by atoms with E-state index in [1.54, 1.807) is 37.3 Å². The minimum absolute atomic E-state index is 0.0385. The van der Waals surface area contributed by atoms with Gasteiger partial charge in [-0.2, -0.15) is 0 Å². The standard InChI is InChI=1S/C17H18N4O5S/c1-3-26-16(25)12(9(2)22)27-17-20-13(18)11(15(24)21-17)19-14(23)10-7-5-4-6-8-10/h4-8,12H,3H2,1-2H3,(H,19,23)(H3,18,20,21,24)/t12-/m0/s1. The number of aromatic nitrogens is 2. The summed E-state index contributed by atoms with van der Waals surface area (Å²) in [6.45, 7) is 2.95. The smallest absolute Gasteiger partial charge is 0.327 e. The van der Waals surface area contributed by atoms with Gasteiger partial charge in [0.2, 0.25) is 0 Å². The maximum absolute atomic E-state index is 12.3. The zero-order valence-electron chi connectivity index (χ0n) is 14.6. The number of nitrogens with two attached hydrogens (primary N) is 1. The van der Waals surface area contributed by atoms with E-state index in [1.807, 2.05) is 0 Å². The number of carbonyl (C=O) groups is 3. The van der Waals surface area contributed by atoms with E-state index in [9.17, 15) is 19.2 Å². The number of ketones is 1. The quantitative estimate of drug-likeness (QED) is 0.277. The lowest BCUT2D eigenvalue weighted by Gasteiger charge is -2.12. The third-order valence-electron chi connectivity index (χ3n) is 3.30. The molecule has 0 saturated carbocycles. The number of aromatic amines is 1. The van der Waals surface area contributed by atoms with Crippen LogP contribution in [0.4, 0.5) is 11.5 Å². The summed E-state index contributed by atoms with van der Waals surface area (Å²) in [4.78, 5) is 54.3. The van der Waals surface area contributed by atoms with Gasteiger partial charge in [0.05, 0.1) is 6.61 Å². The second-order valence-corrected chi connectivity index (χ2v) is 6.41. The van der Waals surface area contributed by atoms with E-state index < -0.39 is 28.5 Å².